The minimum Gasteiger partial charge on any atom is -0.346 e. The lowest BCUT2D eigenvalue weighted by Crippen LogP contribution is -2.36. The van der Waals surface area contributed by atoms with Crippen LogP contribution >= 0.6 is 0 Å². The van der Waals surface area contributed by atoms with Crippen LogP contribution in [0.5, 0.6) is 0 Å². The summed E-state index contributed by atoms with van der Waals surface area (Å²) in [5.74, 6) is -0.694. The molecule has 1 aromatic heterocycles. The van der Waals surface area contributed by atoms with Crippen LogP contribution in [0.2, 0.25) is 0 Å². The van der Waals surface area contributed by atoms with Crippen LogP contribution in [0, 0.1) is 0 Å². The van der Waals surface area contributed by atoms with Gasteiger partial charge in [0, 0.05) is 6.20 Å². The van der Waals surface area contributed by atoms with E-state index in [1.165, 1.54) is 12.4 Å². The highest BCUT2D eigenvalue weighted by Gasteiger charge is 2.04. The molecule has 7 heteroatoms. The van der Waals surface area contributed by atoms with Gasteiger partial charge in [0.05, 0.1) is 25.0 Å². The van der Waals surface area contributed by atoms with Crippen molar-refractivity contribution in [2.45, 2.75) is 0 Å². The fourth-order valence-corrected chi connectivity index (χ4v) is 0.775. The van der Waals surface area contributed by atoms with Crippen molar-refractivity contribution >= 4 is 17.5 Å². The van der Waals surface area contributed by atoms with Crippen LogP contribution in [-0.2, 0) is 9.59 Å². The van der Waals surface area contributed by atoms with Crippen LogP contribution < -0.4 is 16.4 Å². The van der Waals surface area contributed by atoms with Crippen molar-refractivity contribution in [1.82, 2.24) is 15.5 Å². The molecule has 76 valence electrons. The molecular weight excluding hydrogens is 186 g/mol. The first kappa shape index (κ1) is 10.2. The monoisotopic (exact) mass is 197 g/mol. The summed E-state index contributed by atoms with van der Waals surface area (Å²) < 4.78 is 0. The molecule has 0 aliphatic rings. The van der Waals surface area contributed by atoms with E-state index in [0.29, 0.717) is 5.69 Å². The van der Waals surface area contributed by atoms with Gasteiger partial charge in [0.15, 0.2) is 0 Å². The summed E-state index contributed by atoms with van der Waals surface area (Å²) in [6.07, 6.45) is 2.99. The number of rotatable bonds is 4. The zero-order chi connectivity index (χ0) is 10.4. The lowest BCUT2D eigenvalue weighted by Gasteiger charge is -2.03. The summed E-state index contributed by atoms with van der Waals surface area (Å²) in [7, 11) is 0. The smallest absolute Gasteiger partial charge is 0.243 e. The fourth-order valence-electron chi connectivity index (χ4n) is 0.775. The summed E-state index contributed by atoms with van der Waals surface area (Å²) in [6, 6.07) is 0. The predicted molar refractivity (Wildman–Crippen MR) is 49.3 cm³/mol. The van der Waals surface area contributed by atoms with Crippen LogP contribution in [0.15, 0.2) is 12.4 Å². The Morgan fingerprint density at radius 2 is 2.29 bits per heavy atom. The number of nitrogens with zero attached hydrogens (tertiary/aromatic N) is 1. The third-order valence-electron chi connectivity index (χ3n) is 1.41. The minimum atomic E-state index is -0.368. The van der Waals surface area contributed by atoms with E-state index in [-0.39, 0.29) is 24.9 Å². The molecule has 5 N–H and O–H groups in total. The average molecular weight is 197 g/mol. The Morgan fingerprint density at radius 1 is 1.50 bits per heavy atom. The molecule has 1 heterocycles. The van der Waals surface area contributed by atoms with Gasteiger partial charge in [0.2, 0.25) is 11.8 Å². The number of aromatic nitrogens is 2. The second kappa shape index (κ2) is 4.97. The summed E-state index contributed by atoms with van der Waals surface area (Å²) >= 11 is 0. The van der Waals surface area contributed by atoms with Gasteiger partial charge in [-0.3, -0.25) is 14.7 Å². The lowest BCUT2D eigenvalue weighted by atomic mass is 10.5. The molecule has 0 bridgehead atoms. The lowest BCUT2D eigenvalue weighted by molar-refractivity contribution is -0.123. The fraction of sp³-hybridized carbons (Fsp3) is 0.286. The first-order valence-electron chi connectivity index (χ1n) is 3.97. The number of anilines is 1. The molecule has 0 radical (unpaired) electrons. The van der Waals surface area contributed by atoms with Gasteiger partial charge >= 0.3 is 0 Å². The van der Waals surface area contributed by atoms with Crippen molar-refractivity contribution in [1.29, 1.82) is 0 Å². The van der Waals surface area contributed by atoms with E-state index in [4.69, 9.17) is 5.73 Å². The molecule has 7 nitrogen and oxygen atoms in total. The van der Waals surface area contributed by atoms with Gasteiger partial charge in [-0.15, -0.1) is 0 Å². The summed E-state index contributed by atoms with van der Waals surface area (Å²) in [4.78, 5) is 21.8. The number of amides is 2. The number of nitrogens with one attached hydrogen (secondary N) is 3. The number of hydrogen-bond acceptors (Lipinski definition) is 4. The largest absolute Gasteiger partial charge is 0.346 e. The van der Waals surface area contributed by atoms with Gasteiger partial charge in [-0.1, -0.05) is 0 Å². The third kappa shape index (κ3) is 3.23. The van der Waals surface area contributed by atoms with Gasteiger partial charge in [0.1, 0.15) is 0 Å². The highest BCUT2D eigenvalue weighted by atomic mass is 16.2. The van der Waals surface area contributed by atoms with E-state index in [1.54, 1.807) is 0 Å². The Kier molecular flexibility index (Phi) is 3.62. The van der Waals surface area contributed by atoms with Crippen molar-refractivity contribution in [3.63, 3.8) is 0 Å². The van der Waals surface area contributed by atoms with E-state index in [9.17, 15) is 9.59 Å². The Hall–Kier alpha value is -1.89. The molecule has 0 saturated heterocycles. The van der Waals surface area contributed by atoms with Crippen molar-refractivity contribution in [3.05, 3.63) is 12.4 Å². The van der Waals surface area contributed by atoms with E-state index in [0.717, 1.165) is 0 Å². The second-order valence-electron chi connectivity index (χ2n) is 2.52. The molecule has 0 saturated carbocycles. The first-order chi connectivity index (χ1) is 6.72. The zero-order valence-electron chi connectivity index (χ0n) is 7.41. The topological polar surface area (TPSA) is 113 Å². The highest BCUT2D eigenvalue weighted by molar-refractivity contribution is 5.94. The summed E-state index contributed by atoms with van der Waals surface area (Å²) in [5, 5.41) is 11.0. The van der Waals surface area contributed by atoms with Gasteiger partial charge in [-0.25, -0.2) is 0 Å². The van der Waals surface area contributed by atoms with Crippen LogP contribution in [0.3, 0.4) is 0 Å². The molecule has 0 aliphatic heterocycles. The van der Waals surface area contributed by atoms with E-state index < -0.39 is 0 Å². The zero-order valence-corrected chi connectivity index (χ0v) is 7.41. The molecule has 1 aromatic rings. The maximum atomic E-state index is 11.1. The van der Waals surface area contributed by atoms with Gasteiger partial charge in [-0.05, 0) is 0 Å². The SMILES string of the molecule is NCC(=O)NCC(=O)Nc1cn[nH]c1. The maximum Gasteiger partial charge on any atom is 0.243 e. The van der Waals surface area contributed by atoms with Crippen molar-refractivity contribution < 1.29 is 9.59 Å². The predicted octanol–water partition coefficient (Wildman–Crippen LogP) is -1.58. The minimum absolute atomic E-state index is 0.0960. The van der Waals surface area contributed by atoms with E-state index in [2.05, 4.69) is 20.8 Å². The van der Waals surface area contributed by atoms with Crippen LogP contribution in [-0.4, -0.2) is 35.1 Å². The molecular formula is C7H11N5O2. The highest BCUT2D eigenvalue weighted by Crippen LogP contribution is 1.99. The molecule has 0 spiro atoms. The molecule has 0 unspecified atom stereocenters. The Bertz CT molecular complexity index is 308. The van der Waals surface area contributed by atoms with Crippen LogP contribution in [0.25, 0.3) is 0 Å². The molecule has 0 fully saturated rings. The summed E-state index contributed by atoms with van der Waals surface area (Å²) in [6.45, 7) is -0.222. The summed E-state index contributed by atoms with van der Waals surface area (Å²) in [5.41, 5.74) is 5.59. The number of H-pyrrole nitrogens is 1. The molecule has 0 aromatic carbocycles. The number of aromatic amines is 1. The van der Waals surface area contributed by atoms with Crippen LogP contribution in [0.4, 0.5) is 5.69 Å². The first-order valence-corrected chi connectivity index (χ1v) is 3.97. The van der Waals surface area contributed by atoms with Crippen molar-refractivity contribution in [2.75, 3.05) is 18.4 Å². The quantitative estimate of drug-likeness (QED) is 0.466. The number of carbonyl (C=O) groups is 2. The van der Waals surface area contributed by atoms with Crippen molar-refractivity contribution in [2.24, 2.45) is 5.73 Å². The van der Waals surface area contributed by atoms with Crippen LogP contribution in [0.1, 0.15) is 0 Å². The van der Waals surface area contributed by atoms with E-state index >= 15 is 0 Å². The Labute approximate surface area is 80.1 Å². The number of carbonyl (C=O) groups excluding carboxylic acids is 2. The maximum absolute atomic E-state index is 11.1. The standard InChI is InChI=1S/C7H11N5O2/c8-1-6(13)9-4-7(14)12-5-2-10-11-3-5/h2-3H,1,4,8H2,(H,9,13)(H,10,11)(H,12,14). The Morgan fingerprint density at radius 3 is 2.86 bits per heavy atom. The number of nitrogens with two attached hydrogens (primary N) is 1. The van der Waals surface area contributed by atoms with Crippen molar-refractivity contribution in [3.8, 4) is 0 Å². The molecule has 0 atom stereocenters. The molecule has 14 heavy (non-hydrogen) atoms. The molecule has 1 rings (SSSR count). The second-order valence-corrected chi connectivity index (χ2v) is 2.52. The Balaban J connectivity index is 2.26. The molecule has 2 amide bonds. The van der Waals surface area contributed by atoms with E-state index in [1.807, 2.05) is 0 Å². The average Bonchev–Trinajstić information content (AvgIpc) is 2.66. The van der Waals surface area contributed by atoms with Gasteiger partial charge < -0.3 is 16.4 Å². The third-order valence-corrected chi connectivity index (χ3v) is 1.41. The van der Waals surface area contributed by atoms with Gasteiger partial charge in [-0.2, -0.15) is 5.10 Å². The number of hydrogen-bond donors (Lipinski definition) is 4. The molecule has 0 aliphatic carbocycles. The van der Waals surface area contributed by atoms with Gasteiger partial charge in [0.25, 0.3) is 0 Å². The normalized spacial score (nSPS) is 9.50.